The van der Waals surface area contributed by atoms with Gasteiger partial charge in [0.1, 0.15) is 0 Å². The zero-order valence-electron chi connectivity index (χ0n) is 10.6. The van der Waals surface area contributed by atoms with E-state index in [9.17, 15) is 0 Å². The third-order valence-corrected chi connectivity index (χ3v) is 3.95. The fraction of sp³-hybridized carbons (Fsp3) is 0.429. The molecule has 17 heavy (non-hydrogen) atoms. The summed E-state index contributed by atoms with van der Waals surface area (Å²) in [7, 11) is 0. The molecule has 0 spiro atoms. The number of halogens is 2. The predicted octanol–water partition coefficient (Wildman–Crippen LogP) is 4.89. The largest absolute Gasteiger partial charge is 0.311 e. The standard InChI is InChI=1S/C14H19BrClN/c1-4-7-17-11(3)10(2)8-12-5-6-13(15)14(16)9-12/h5-6,8-9,11,17H,4,7H2,1-3H3/b10-8+. The van der Waals surface area contributed by atoms with Gasteiger partial charge in [-0.25, -0.2) is 0 Å². The highest BCUT2D eigenvalue weighted by Crippen LogP contribution is 2.24. The summed E-state index contributed by atoms with van der Waals surface area (Å²) in [6.07, 6.45) is 3.33. The van der Waals surface area contributed by atoms with Crippen LogP contribution in [0.25, 0.3) is 6.08 Å². The number of hydrogen-bond acceptors (Lipinski definition) is 1. The highest BCUT2D eigenvalue weighted by molar-refractivity contribution is 9.10. The van der Waals surface area contributed by atoms with E-state index in [1.165, 1.54) is 5.57 Å². The molecular weight excluding hydrogens is 298 g/mol. The molecule has 0 amide bonds. The van der Waals surface area contributed by atoms with Crippen LogP contribution in [-0.2, 0) is 0 Å². The topological polar surface area (TPSA) is 12.0 Å². The number of nitrogens with one attached hydrogen (secondary N) is 1. The Hall–Kier alpha value is -0.310. The molecule has 0 aromatic heterocycles. The summed E-state index contributed by atoms with van der Waals surface area (Å²) < 4.78 is 0.936. The summed E-state index contributed by atoms with van der Waals surface area (Å²) in [6.45, 7) is 7.55. The minimum atomic E-state index is 0.400. The van der Waals surface area contributed by atoms with E-state index in [1.54, 1.807) is 0 Å². The van der Waals surface area contributed by atoms with Crippen LogP contribution in [0.2, 0.25) is 5.02 Å². The first-order chi connectivity index (χ1) is 8.04. The Kier molecular flexibility index (Phi) is 6.24. The Balaban J connectivity index is 2.76. The summed E-state index contributed by atoms with van der Waals surface area (Å²) in [4.78, 5) is 0. The van der Waals surface area contributed by atoms with Crippen molar-refractivity contribution < 1.29 is 0 Å². The quantitative estimate of drug-likeness (QED) is 0.815. The number of benzene rings is 1. The van der Waals surface area contributed by atoms with Gasteiger partial charge in [-0.2, -0.15) is 0 Å². The van der Waals surface area contributed by atoms with Crippen molar-refractivity contribution >= 4 is 33.6 Å². The second kappa shape index (κ2) is 7.20. The molecule has 1 N–H and O–H groups in total. The molecule has 94 valence electrons. The molecule has 0 bridgehead atoms. The average molecular weight is 317 g/mol. The maximum Gasteiger partial charge on any atom is 0.0554 e. The molecule has 0 fully saturated rings. The normalized spacial score (nSPS) is 13.8. The first kappa shape index (κ1) is 14.7. The van der Waals surface area contributed by atoms with Crippen LogP contribution in [0.5, 0.6) is 0 Å². The fourth-order valence-corrected chi connectivity index (χ4v) is 1.95. The molecule has 0 aliphatic carbocycles. The van der Waals surface area contributed by atoms with E-state index < -0.39 is 0 Å². The van der Waals surface area contributed by atoms with Gasteiger partial charge in [-0.15, -0.1) is 0 Å². The summed E-state index contributed by atoms with van der Waals surface area (Å²) in [5.74, 6) is 0. The van der Waals surface area contributed by atoms with Crippen molar-refractivity contribution in [1.29, 1.82) is 0 Å². The van der Waals surface area contributed by atoms with Gasteiger partial charge in [0, 0.05) is 10.5 Å². The first-order valence-electron chi connectivity index (χ1n) is 5.91. The molecule has 1 rings (SSSR count). The summed E-state index contributed by atoms with van der Waals surface area (Å²) >= 11 is 9.46. The molecule has 0 aliphatic heterocycles. The van der Waals surface area contributed by atoms with E-state index >= 15 is 0 Å². The minimum absolute atomic E-state index is 0.400. The molecule has 3 heteroatoms. The molecule has 0 saturated heterocycles. The van der Waals surface area contributed by atoms with Gasteiger partial charge in [-0.3, -0.25) is 0 Å². The van der Waals surface area contributed by atoms with Gasteiger partial charge in [0.25, 0.3) is 0 Å². The van der Waals surface area contributed by atoms with E-state index in [0.717, 1.165) is 28.0 Å². The molecule has 1 aromatic rings. The van der Waals surface area contributed by atoms with Crippen molar-refractivity contribution in [3.63, 3.8) is 0 Å². The molecule has 1 aromatic carbocycles. The molecule has 1 nitrogen and oxygen atoms in total. The van der Waals surface area contributed by atoms with E-state index in [0.29, 0.717) is 6.04 Å². The predicted molar refractivity (Wildman–Crippen MR) is 80.6 cm³/mol. The Morgan fingerprint density at radius 3 is 2.82 bits per heavy atom. The van der Waals surface area contributed by atoms with Crippen molar-refractivity contribution in [2.24, 2.45) is 0 Å². The van der Waals surface area contributed by atoms with Crippen LogP contribution in [-0.4, -0.2) is 12.6 Å². The van der Waals surface area contributed by atoms with Crippen LogP contribution in [0.1, 0.15) is 32.8 Å². The average Bonchev–Trinajstić information content (AvgIpc) is 2.30. The molecule has 1 atom stereocenters. The maximum atomic E-state index is 6.07. The molecule has 0 radical (unpaired) electrons. The van der Waals surface area contributed by atoms with Gasteiger partial charge in [0.2, 0.25) is 0 Å². The Morgan fingerprint density at radius 2 is 2.24 bits per heavy atom. The Bertz CT molecular complexity index is 401. The summed E-state index contributed by atoms with van der Waals surface area (Å²) in [6, 6.07) is 6.41. The van der Waals surface area contributed by atoms with Crippen LogP contribution in [0, 0.1) is 0 Å². The van der Waals surface area contributed by atoms with Gasteiger partial charge >= 0.3 is 0 Å². The highest BCUT2D eigenvalue weighted by Gasteiger charge is 2.03. The van der Waals surface area contributed by atoms with Crippen LogP contribution < -0.4 is 5.32 Å². The van der Waals surface area contributed by atoms with Crippen molar-refractivity contribution in [1.82, 2.24) is 5.32 Å². The smallest absolute Gasteiger partial charge is 0.0554 e. The van der Waals surface area contributed by atoms with Gasteiger partial charge < -0.3 is 5.32 Å². The van der Waals surface area contributed by atoms with Crippen molar-refractivity contribution in [3.8, 4) is 0 Å². The SMILES string of the molecule is CCCNC(C)/C(C)=C/c1ccc(Br)c(Cl)c1. The number of hydrogen-bond donors (Lipinski definition) is 1. The molecule has 0 heterocycles. The molecule has 0 saturated carbocycles. The second-order valence-electron chi connectivity index (χ2n) is 4.24. The minimum Gasteiger partial charge on any atom is -0.311 e. The lowest BCUT2D eigenvalue weighted by molar-refractivity contribution is 0.604. The number of rotatable bonds is 5. The van der Waals surface area contributed by atoms with E-state index in [4.69, 9.17) is 11.6 Å². The molecular formula is C14H19BrClN. The second-order valence-corrected chi connectivity index (χ2v) is 5.50. The molecule has 1 unspecified atom stereocenters. The van der Waals surface area contributed by atoms with Gasteiger partial charge in [-0.05, 0) is 60.4 Å². The Morgan fingerprint density at radius 1 is 1.53 bits per heavy atom. The molecule has 0 aliphatic rings. The summed E-state index contributed by atoms with van der Waals surface area (Å²) in [5, 5.41) is 4.22. The van der Waals surface area contributed by atoms with Crippen molar-refractivity contribution in [2.75, 3.05) is 6.54 Å². The lowest BCUT2D eigenvalue weighted by Crippen LogP contribution is -2.27. The van der Waals surface area contributed by atoms with Gasteiger partial charge in [-0.1, -0.05) is 36.2 Å². The van der Waals surface area contributed by atoms with Crippen LogP contribution in [0.3, 0.4) is 0 Å². The Labute approximate surface area is 117 Å². The third-order valence-electron chi connectivity index (χ3n) is 2.72. The maximum absolute atomic E-state index is 6.07. The zero-order valence-corrected chi connectivity index (χ0v) is 12.9. The highest BCUT2D eigenvalue weighted by atomic mass is 79.9. The lowest BCUT2D eigenvalue weighted by atomic mass is 10.1. The van der Waals surface area contributed by atoms with E-state index in [-0.39, 0.29) is 0 Å². The fourth-order valence-electron chi connectivity index (χ4n) is 1.51. The van der Waals surface area contributed by atoms with Crippen LogP contribution in [0.4, 0.5) is 0 Å². The van der Waals surface area contributed by atoms with Crippen LogP contribution >= 0.6 is 27.5 Å². The van der Waals surface area contributed by atoms with Gasteiger partial charge in [0.15, 0.2) is 0 Å². The zero-order chi connectivity index (χ0) is 12.8. The summed E-state index contributed by atoms with van der Waals surface area (Å²) in [5.41, 5.74) is 2.46. The van der Waals surface area contributed by atoms with Gasteiger partial charge in [0.05, 0.1) is 5.02 Å². The van der Waals surface area contributed by atoms with E-state index in [1.807, 2.05) is 12.1 Å². The third kappa shape index (κ3) is 4.82. The lowest BCUT2D eigenvalue weighted by Gasteiger charge is -2.14. The van der Waals surface area contributed by atoms with Crippen LogP contribution in [0.15, 0.2) is 28.2 Å². The van der Waals surface area contributed by atoms with Crippen molar-refractivity contribution in [3.05, 3.63) is 38.8 Å². The van der Waals surface area contributed by atoms with Crippen molar-refractivity contribution in [2.45, 2.75) is 33.2 Å². The first-order valence-corrected chi connectivity index (χ1v) is 7.08. The monoisotopic (exact) mass is 315 g/mol. The van der Waals surface area contributed by atoms with E-state index in [2.05, 4.69) is 54.2 Å².